The first-order chi connectivity index (χ1) is 13.8. The van der Waals surface area contributed by atoms with E-state index in [-0.39, 0.29) is 5.56 Å². The van der Waals surface area contributed by atoms with Crippen molar-refractivity contribution in [2.45, 2.75) is 12.0 Å². The molecule has 7 nitrogen and oxygen atoms in total. The van der Waals surface area contributed by atoms with Crippen molar-refractivity contribution in [2.24, 2.45) is 0 Å². The number of carbonyl (C=O) groups is 1. The van der Waals surface area contributed by atoms with Crippen LogP contribution in [0.1, 0.15) is 15.9 Å². The van der Waals surface area contributed by atoms with Crippen LogP contribution in [0.2, 0.25) is 0 Å². The first kappa shape index (κ1) is 21.0. The Morgan fingerprint density at radius 1 is 1.10 bits per heavy atom. The lowest BCUT2D eigenvalue weighted by Gasteiger charge is -2.48. The summed E-state index contributed by atoms with van der Waals surface area (Å²) in [6.07, 6.45) is 0.864. The van der Waals surface area contributed by atoms with E-state index >= 15 is 0 Å². The summed E-state index contributed by atoms with van der Waals surface area (Å²) in [5.41, 5.74) is 1.53. The molecule has 1 heterocycles. The van der Waals surface area contributed by atoms with Gasteiger partial charge in [-0.3, -0.25) is 4.90 Å². The summed E-state index contributed by atoms with van der Waals surface area (Å²) in [5, 5.41) is 19.8. The average molecular weight is 400 g/mol. The van der Waals surface area contributed by atoms with E-state index in [9.17, 15) is 9.90 Å². The summed E-state index contributed by atoms with van der Waals surface area (Å²) in [6.45, 7) is 2.57. The predicted molar refractivity (Wildman–Crippen MR) is 111 cm³/mol. The maximum absolute atomic E-state index is 11.0. The second-order valence-corrected chi connectivity index (χ2v) is 7.58. The minimum absolute atomic E-state index is 0.255. The molecule has 0 saturated carbocycles. The summed E-state index contributed by atoms with van der Waals surface area (Å²) >= 11 is 0. The van der Waals surface area contributed by atoms with Crippen LogP contribution in [-0.2, 0) is 6.42 Å². The molecule has 0 spiro atoms. The number of likely N-dealkylation sites (N-methyl/N-ethyl adjacent to an activating group) is 1. The molecule has 0 aliphatic carbocycles. The Balaban J connectivity index is 1.48. The number of carboxylic acid groups (broad SMARTS) is 1. The molecule has 156 valence electrons. The maximum Gasteiger partial charge on any atom is 0.335 e. The fourth-order valence-corrected chi connectivity index (χ4v) is 3.76. The van der Waals surface area contributed by atoms with Crippen molar-refractivity contribution in [3.05, 3.63) is 53.6 Å². The van der Waals surface area contributed by atoms with E-state index in [1.807, 2.05) is 30.1 Å². The van der Waals surface area contributed by atoms with E-state index in [4.69, 9.17) is 14.6 Å². The third-order valence-corrected chi connectivity index (χ3v) is 5.29. The lowest BCUT2D eigenvalue weighted by molar-refractivity contribution is -0.0896. The average Bonchev–Trinajstić information content (AvgIpc) is 2.70. The van der Waals surface area contributed by atoms with Crippen molar-refractivity contribution in [2.75, 3.05) is 52.3 Å². The minimum atomic E-state index is -0.943. The second-order valence-electron chi connectivity index (χ2n) is 7.58. The number of β-amino-alcohol motifs (C(OH)–C–C–N with tert-alkyl or cyclic N) is 1. The van der Waals surface area contributed by atoms with Gasteiger partial charge in [-0.05, 0) is 48.4 Å². The van der Waals surface area contributed by atoms with Crippen molar-refractivity contribution >= 4 is 11.7 Å². The zero-order valence-electron chi connectivity index (χ0n) is 17.1. The van der Waals surface area contributed by atoms with Gasteiger partial charge >= 0.3 is 5.97 Å². The number of nitrogens with zero attached hydrogens (tertiary/aromatic N) is 2. The standard InChI is InChI=1S/C22H28N2O5/c1-23(18-7-5-17(6-8-18)21(25)26)13-22(27)14-24(15-22)11-10-16-4-9-19(28-2)20(12-16)29-3/h4-9,12,27H,10-11,13-15H2,1-3H3,(H,25,26). The molecule has 1 aliphatic heterocycles. The number of carboxylic acids is 1. The Bertz CT molecular complexity index is 847. The number of methoxy groups -OCH3 is 2. The van der Waals surface area contributed by atoms with Crippen LogP contribution in [0.3, 0.4) is 0 Å². The lowest BCUT2D eigenvalue weighted by atomic mass is 9.92. The number of likely N-dealkylation sites (tertiary alicyclic amines) is 1. The highest BCUT2D eigenvalue weighted by atomic mass is 16.5. The van der Waals surface area contributed by atoms with Crippen LogP contribution in [0.25, 0.3) is 0 Å². The van der Waals surface area contributed by atoms with Crippen molar-refractivity contribution < 1.29 is 24.5 Å². The summed E-state index contributed by atoms with van der Waals surface area (Å²) in [7, 11) is 5.15. The van der Waals surface area contributed by atoms with Crippen LogP contribution in [0.15, 0.2) is 42.5 Å². The molecule has 0 unspecified atom stereocenters. The van der Waals surface area contributed by atoms with E-state index in [1.165, 1.54) is 0 Å². The molecule has 1 fully saturated rings. The number of benzene rings is 2. The normalized spacial score (nSPS) is 15.4. The monoisotopic (exact) mass is 400 g/mol. The first-order valence-electron chi connectivity index (χ1n) is 9.54. The minimum Gasteiger partial charge on any atom is -0.493 e. The lowest BCUT2D eigenvalue weighted by Crippen LogP contribution is -2.66. The molecule has 2 N–H and O–H groups in total. The quantitative estimate of drug-likeness (QED) is 0.667. The van der Waals surface area contributed by atoms with Gasteiger partial charge in [0.25, 0.3) is 0 Å². The van der Waals surface area contributed by atoms with E-state index in [0.717, 1.165) is 30.0 Å². The van der Waals surface area contributed by atoms with Gasteiger partial charge in [-0.25, -0.2) is 4.79 Å². The molecule has 1 saturated heterocycles. The molecule has 3 rings (SSSR count). The molecule has 0 radical (unpaired) electrons. The van der Waals surface area contributed by atoms with Crippen LogP contribution < -0.4 is 14.4 Å². The number of ether oxygens (including phenoxy) is 2. The highest BCUT2D eigenvalue weighted by Gasteiger charge is 2.41. The van der Waals surface area contributed by atoms with Crippen LogP contribution >= 0.6 is 0 Å². The molecular formula is C22H28N2O5. The van der Waals surface area contributed by atoms with Crippen molar-refractivity contribution in [1.29, 1.82) is 0 Å². The van der Waals surface area contributed by atoms with E-state index in [2.05, 4.69) is 4.90 Å². The topological polar surface area (TPSA) is 82.5 Å². The highest BCUT2D eigenvalue weighted by Crippen LogP contribution is 2.29. The summed E-state index contributed by atoms with van der Waals surface area (Å²) in [6, 6.07) is 12.6. The Morgan fingerprint density at radius 3 is 2.34 bits per heavy atom. The molecule has 29 heavy (non-hydrogen) atoms. The number of rotatable bonds is 9. The SMILES string of the molecule is COc1ccc(CCN2CC(O)(CN(C)c3ccc(C(=O)O)cc3)C2)cc1OC. The highest BCUT2D eigenvalue weighted by molar-refractivity contribution is 5.88. The number of aliphatic hydroxyl groups is 1. The Labute approximate surface area is 171 Å². The van der Waals surface area contributed by atoms with Gasteiger partial charge in [0.15, 0.2) is 11.5 Å². The Morgan fingerprint density at radius 2 is 1.76 bits per heavy atom. The number of aromatic carboxylic acids is 1. The smallest absolute Gasteiger partial charge is 0.335 e. The third-order valence-electron chi connectivity index (χ3n) is 5.29. The van der Waals surface area contributed by atoms with Gasteiger partial charge in [0.05, 0.1) is 19.8 Å². The van der Waals surface area contributed by atoms with Crippen LogP contribution in [0.4, 0.5) is 5.69 Å². The summed E-state index contributed by atoms with van der Waals surface area (Å²) in [5.74, 6) is 0.497. The molecular weight excluding hydrogens is 372 g/mol. The van der Waals surface area contributed by atoms with Gasteiger partial charge in [-0.15, -0.1) is 0 Å². The number of anilines is 1. The molecule has 0 aromatic heterocycles. The van der Waals surface area contributed by atoms with Crippen LogP contribution in [-0.4, -0.2) is 74.1 Å². The molecule has 0 amide bonds. The largest absolute Gasteiger partial charge is 0.493 e. The van der Waals surface area contributed by atoms with Crippen molar-refractivity contribution in [3.63, 3.8) is 0 Å². The molecule has 2 aromatic carbocycles. The zero-order valence-corrected chi connectivity index (χ0v) is 17.1. The summed E-state index contributed by atoms with van der Waals surface area (Å²) < 4.78 is 10.6. The van der Waals surface area contributed by atoms with Gasteiger partial charge < -0.3 is 24.6 Å². The number of hydrogen-bond donors (Lipinski definition) is 2. The second kappa shape index (κ2) is 8.71. The van der Waals surface area contributed by atoms with Gasteiger partial charge in [0.1, 0.15) is 5.60 Å². The van der Waals surface area contributed by atoms with Crippen molar-refractivity contribution in [3.8, 4) is 11.5 Å². The van der Waals surface area contributed by atoms with Crippen molar-refractivity contribution in [1.82, 2.24) is 4.90 Å². The molecule has 0 bridgehead atoms. The van der Waals surface area contributed by atoms with E-state index in [1.54, 1.807) is 38.5 Å². The molecule has 2 aromatic rings. The molecule has 0 atom stereocenters. The number of hydrogen-bond acceptors (Lipinski definition) is 6. The Kier molecular flexibility index (Phi) is 6.30. The fourth-order valence-electron chi connectivity index (χ4n) is 3.76. The molecule has 1 aliphatic rings. The predicted octanol–water partition coefficient (Wildman–Crippen LogP) is 2.13. The molecule has 7 heteroatoms. The third kappa shape index (κ3) is 4.99. The summed E-state index contributed by atoms with van der Waals surface area (Å²) in [4.78, 5) is 15.1. The van der Waals surface area contributed by atoms with Gasteiger partial charge in [-0.1, -0.05) is 6.07 Å². The first-order valence-corrected chi connectivity index (χ1v) is 9.54. The van der Waals surface area contributed by atoms with Crippen LogP contribution in [0, 0.1) is 0 Å². The van der Waals surface area contributed by atoms with Gasteiger partial charge in [0, 0.05) is 38.9 Å². The van der Waals surface area contributed by atoms with E-state index < -0.39 is 11.6 Å². The fraction of sp³-hybridized carbons (Fsp3) is 0.409. The zero-order chi connectivity index (χ0) is 21.0. The van der Waals surface area contributed by atoms with E-state index in [0.29, 0.717) is 25.4 Å². The maximum atomic E-state index is 11.0. The Hall–Kier alpha value is -2.77. The van der Waals surface area contributed by atoms with Gasteiger partial charge in [-0.2, -0.15) is 0 Å². The van der Waals surface area contributed by atoms with Crippen LogP contribution in [0.5, 0.6) is 11.5 Å². The van der Waals surface area contributed by atoms with Gasteiger partial charge in [0.2, 0.25) is 0 Å².